The second-order valence-electron chi connectivity index (χ2n) is 9.20. The first-order valence-corrected chi connectivity index (χ1v) is 13.3. The number of benzene rings is 1. The molecular formula is C27H29ClF2N4O2S. The highest BCUT2D eigenvalue weighted by Crippen LogP contribution is 2.45. The molecule has 6 nitrogen and oxygen atoms in total. The summed E-state index contributed by atoms with van der Waals surface area (Å²) in [7, 11) is 1.32. The number of alkyl carbamates (subject to hydrolysis) is 1. The number of carbonyl (C=O) groups is 1. The number of fused-ring (bicyclic) bond motifs is 1. The summed E-state index contributed by atoms with van der Waals surface area (Å²) in [6.07, 6.45) is 4.38. The lowest BCUT2D eigenvalue weighted by molar-refractivity contribution is 0.169. The van der Waals surface area contributed by atoms with Crippen molar-refractivity contribution in [2.75, 3.05) is 20.2 Å². The summed E-state index contributed by atoms with van der Waals surface area (Å²) in [6.45, 7) is 6.61. The van der Waals surface area contributed by atoms with Gasteiger partial charge in [-0.1, -0.05) is 36.4 Å². The first-order chi connectivity index (χ1) is 17.7. The number of allylic oxidation sites excluding steroid dienone is 4. The molecule has 3 heterocycles. The molecule has 10 heteroatoms. The van der Waals surface area contributed by atoms with Gasteiger partial charge in [0, 0.05) is 34.9 Å². The number of methoxy groups -OCH3 is 1. The monoisotopic (exact) mass is 546 g/mol. The van der Waals surface area contributed by atoms with E-state index in [0.29, 0.717) is 30.6 Å². The van der Waals surface area contributed by atoms with Gasteiger partial charge in [0.1, 0.15) is 23.9 Å². The minimum absolute atomic E-state index is 0.0343. The Morgan fingerprint density at radius 3 is 2.92 bits per heavy atom. The number of thioether (sulfide) groups is 1. The maximum absolute atomic E-state index is 13.9. The molecule has 1 fully saturated rings. The fraction of sp³-hybridized carbons (Fsp3) is 0.370. The van der Waals surface area contributed by atoms with E-state index in [0.717, 1.165) is 17.1 Å². The minimum Gasteiger partial charge on any atom is -0.453 e. The Kier molecular flexibility index (Phi) is 8.54. The van der Waals surface area contributed by atoms with E-state index in [2.05, 4.69) is 16.8 Å². The van der Waals surface area contributed by atoms with Gasteiger partial charge in [-0.2, -0.15) is 0 Å². The number of aliphatic imine (C=N–C) groups is 1. The van der Waals surface area contributed by atoms with Crippen molar-refractivity contribution < 1.29 is 18.3 Å². The minimum atomic E-state index is -1.03. The molecule has 3 unspecified atom stereocenters. The van der Waals surface area contributed by atoms with Gasteiger partial charge in [-0.3, -0.25) is 4.99 Å². The Balaban J connectivity index is 1.81. The van der Waals surface area contributed by atoms with Crippen LogP contribution in [-0.2, 0) is 4.74 Å². The van der Waals surface area contributed by atoms with Crippen LogP contribution in [0.3, 0.4) is 0 Å². The van der Waals surface area contributed by atoms with Crippen LogP contribution in [0.2, 0.25) is 5.02 Å². The molecule has 3 aliphatic heterocycles. The Labute approximate surface area is 224 Å². The van der Waals surface area contributed by atoms with Gasteiger partial charge in [-0.15, -0.1) is 11.8 Å². The van der Waals surface area contributed by atoms with Crippen LogP contribution in [0.1, 0.15) is 31.4 Å². The number of hydrogen-bond acceptors (Lipinski definition) is 6. The summed E-state index contributed by atoms with van der Waals surface area (Å²) in [4.78, 5) is 18.9. The molecule has 3 aliphatic rings. The molecule has 196 valence electrons. The highest BCUT2D eigenvalue weighted by atomic mass is 35.5. The molecule has 0 aliphatic carbocycles. The molecule has 0 radical (unpaired) electrons. The normalized spacial score (nSPS) is 23.9. The Morgan fingerprint density at radius 1 is 1.49 bits per heavy atom. The lowest BCUT2D eigenvalue weighted by Crippen LogP contribution is -2.40. The molecular weight excluding hydrogens is 518 g/mol. The van der Waals surface area contributed by atoms with Crippen molar-refractivity contribution in [3.63, 3.8) is 0 Å². The molecule has 37 heavy (non-hydrogen) atoms. The zero-order valence-electron chi connectivity index (χ0n) is 20.6. The van der Waals surface area contributed by atoms with Crippen LogP contribution in [0.15, 0.2) is 70.2 Å². The Morgan fingerprint density at radius 2 is 2.27 bits per heavy atom. The number of halogens is 3. The fourth-order valence-electron chi connectivity index (χ4n) is 4.69. The van der Waals surface area contributed by atoms with Crippen LogP contribution in [0.4, 0.5) is 13.6 Å². The second kappa shape index (κ2) is 11.6. The van der Waals surface area contributed by atoms with Crippen LogP contribution in [0.25, 0.3) is 0 Å². The SMILES string of the molecule is C=C1C=CSC1C1=N[C@@H](c2ccc(F)cc2Cl)C(C(=N)/C=C\CC(C)F)=C2CC(CNC(=O)OC)CN12. The Bertz CT molecular complexity index is 1230. The summed E-state index contributed by atoms with van der Waals surface area (Å²) in [5.41, 5.74) is 3.18. The fourth-order valence-corrected chi connectivity index (χ4v) is 5.94. The van der Waals surface area contributed by atoms with Gasteiger partial charge in [0.25, 0.3) is 0 Å². The number of nitrogens with zero attached hydrogens (tertiary/aromatic N) is 2. The third-order valence-corrected chi connectivity index (χ3v) is 7.86. The van der Waals surface area contributed by atoms with E-state index in [4.69, 9.17) is 26.7 Å². The van der Waals surface area contributed by atoms with E-state index < -0.39 is 24.1 Å². The predicted octanol–water partition coefficient (Wildman–Crippen LogP) is 6.37. The van der Waals surface area contributed by atoms with E-state index >= 15 is 0 Å². The van der Waals surface area contributed by atoms with Crippen molar-refractivity contribution in [3.8, 4) is 0 Å². The maximum atomic E-state index is 13.9. The van der Waals surface area contributed by atoms with Crippen LogP contribution < -0.4 is 5.32 Å². The number of nitrogens with one attached hydrogen (secondary N) is 2. The Hall–Kier alpha value is -2.91. The molecule has 1 aromatic carbocycles. The first kappa shape index (κ1) is 27.1. The topological polar surface area (TPSA) is 77.8 Å². The molecule has 4 rings (SSSR count). The molecule has 0 bridgehead atoms. The zero-order chi connectivity index (χ0) is 26.7. The molecule has 4 atom stereocenters. The van der Waals surface area contributed by atoms with Crippen LogP contribution in [0, 0.1) is 17.1 Å². The van der Waals surface area contributed by atoms with Crippen LogP contribution in [0.5, 0.6) is 0 Å². The zero-order valence-corrected chi connectivity index (χ0v) is 22.2. The number of hydrogen-bond donors (Lipinski definition) is 2. The highest BCUT2D eigenvalue weighted by Gasteiger charge is 2.42. The van der Waals surface area contributed by atoms with Crippen molar-refractivity contribution in [2.24, 2.45) is 10.9 Å². The number of amidine groups is 1. The maximum Gasteiger partial charge on any atom is 0.406 e. The summed E-state index contributed by atoms with van der Waals surface area (Å²) >= 11 is 8.10. The van der Waals surface area contributed by atoms with Gasteiger partial charge in [-0.25, -0.2) is 13.6 Å². The summed E-state index contributed by atoms with van der Waals surface area (Å²) in [5.74, 6) is 0.348. The van der Waals surface area contributed by atoms with Gasteiger partial charge >= 0.3 is 6.09 Å². The van der Waals surface area contributed by atoms with Crippen LogP contribution in [-0.4, -0.2) is 54.2 Å². The second-order valence-corrected chi connectivity index (χ2v) is 10.6. The van der Waals surface area contributed by atoms with Crippen molar-refractivity contribution >= 4 is 41.0 Å². The van der Waals surface area contributed by atoms with E-state index in [1.54, 1.807) is 30.0 Å². The molecule has 0 aromatic heterocycles. The molecule has 0 saturated carbocycles. The number of amides is 1. The average Bonchev–Trinajstić information content (AvgIpc) is 3.47. The summed E-state index contributed by atoms with van der Waals surface area (Å²) in [5, 5.41) is 13.8. The van der Waals surface area contributed by atoms with Crippen molar-refractivity contribution in [2.45, 2.75) is 37.2 Å². The van der Waals surface area contributed by atoms with Crippen molar-refractivity contribution in [1.29, 1.82) is 5.41 Å². The largest absolute Gasteiger partial charge is 0.453 e. The first-order valence-electron chi connectivity index (χ1n) is 11.9. The average molecular weight is 547 g/mol. The number of alkyl halides is 1. The van der Waals surface area contributed by atoms with E-state index in [1.165, 1.54) is 26.2 Å². The van der Waals surface area contributed by atoms with Gasteiger partial charge < -0.3 is 20.4 Å². The quantitative estimate of drug-likeness (QED) is 0.371. The standard InChI is InChI=1S/C27H29ClF2N4O2S/c1-15-9-10-37-25(15)26-33-24(19-8-7-18(30)12-20(19)28)23(21(31)6-4-5-16(2)29)22-11-17(14-34(22)26)13-32-27(35)36-3/h4,6-10,12,16-17,24-25,31H,1,5,11,13-14H2,2-3H3,(H,32,35)/b6-4-,31-21?/t16?,17?,24-,25?/m0/s1. The van der Waals surface area contributed by atoms with Gasteiger partial charge in [0.15, 0.2) is 0 Å². The predicted molar refractivity (Wildman–Crippen MR) is 146 cm³/mol. The number of carbonyl (C=O) groups excluding carboxylic acids is 1. The highest BCUT2D eigenvalue weighted by molar-refractivity contribution is 8.03. The van der Waals surface area contributed by atoms with E-state index in [1.807, 2.05) is 11.5 Å². The van der Waals surface area contributed by atoms with Gasteiger partial charge in [-0.05, 0) is 54.9 Å². The number of rotatable bonds is 8. The van der Waals surface area contributed by atoms with E-state index in [-0.39, 0.29) is 28.3 Å². The van der Waals surface area contributed by atoms with Crippen molar-refractivity contribution in [3.05, 3.63) is 81.7 Å². The van der Waals surface area contributed by atoms with Gasteiger partial charge in [0.2, 0.25) is 0 Å². The molecule has 1 saturated heterocycles. The molecule has 0 spiro atoms. The smallest absolute Gasteiger partial charge is 0.406 e. The summed E-state index contributed by atoms with van der Waals surface area (Å²) in [6, 6.07) is 3.52. The summed E-state index contributed by atoms with van der Waals surface area (Å²) < 4.78 is 32.1. The van der Waals surface area contributed by atoms with Crippen molar-refractivity contribution in [1.82, 2.24) is 10.2 Å². The number of ether oxygens (including phenoxy) is 1. The molecule has 1 amide bonds. The van der Waals surface area contributed by atoms with Crippen LogP contribution >= 0.6 is 23.4 Å². The third-order valence-electron chi connectivity index (χ3n) is 6.45. The lowest BCUT2D eigenvalue weighted by atomic mass is 9.90. The molecule has 2 N–H and O–H groups in total. The molecule has 1 aromatic rings. The van der Waals surface area contributed by atoms with E-state index in [9.17, 15) is 13.6 Å². The lowest BCUT2D eigenvalue weighted by Gasteiger charge is -2.36. The van der Waals surface area contributed by atoms with Gasteiger partial charge in [0.05, 0.1) is 18.1 Å². The third kappa shape index (κ3) is 5.99.